The molecule has 69 heavy (non-hydrogen) atoms. The van der Waals surface area contributed by atoms with Crippen molar-refractivity contribution in [2.75, 3.05) is 13.2 Å². The number of ether oxygens (including phenoxy) is 1. The minimum atomic E-state index is -0.840. The lowest BCUT2D eigenvalue weighted by molar-refractivity contribution is -0.143. The van der Waals surface area contributed by atoms with Crippen LogP contribution in [0.1, 0.15) is 341 Å². The highest BCUT2D eigenvalue weighted by Crippen LogP contribution is 2.17. The Hall–Kier alpha value is -1.66. The van der Waals surface area contributed by atoms with Gasteiger partial charge in [0.2, 0.25) is 5.91 Å². The van der Waals surface area contributed by atoms with Gasteiger partial charge in [0.1, 0.15) is 0 Å². The Bertz CT molecular complexity index is 1080. The predicted octanol–water partition coefficient (Wildman–Crippen LogP) is 19.4. The van der Waals surface area contributed by atoms with E-state index in [1.807, 2.05) is 6.08 Å². The maximum Gasteiger partial charge on any atom is 0.305 e. The Labute approximate surface area is 431 Å². The van der Waals surface area contributed by atoms with E-state index >= 15 is 0 Å². The molecule has 0 fully saturated rings. The number of amides is 1. The van der Waals surface area contributed by atoms with Gasteiger partial charge in [0, 0.05) is 12.8 Å². The summed E-state index contributed by atoms with van der Waals surface area (Å²) in [6, 6.07) is -0.624. The maximum absolute atomic E-state index is 12.4. The van der Waals surface area contributed by atoms with Gasteiger partial charge in [0.25, 0.3) is 0 Å². The molecule has 0 aromatic carbocycles. The number of nitrogens with one attached hydrogen (secondary N) is 1. The summed E-state index contributed by atoms with van der Waals surface area (Å²) < 4.78 is 5.47. The van der Waals surface area contributed by atoms with E-state index in [-0.39, 0.29) is 18.5 Å². The van der Waals surface area contributed by atoms with Crippen LogP contribution in [0.25, 0.3) is 0 Å². The fraction of sp³-hybridized carbons (Fsp3) is 0.905. The van der Waals surface area contributed by atoms with Crippen molar-refractivity contribution < 1.29 is 24.5 Å². The third kappa shape index (κ3) is 55.5. The molecule has 0 bridgehead atoms. The van der Waals surface area contributed by atoms with Gasteiger partial charge in [-0.1, -0.05) is 295 Å². The highest BCUT2D eigenvalue weighted by Gasteiger charge is 2.18. The first-order valence-electron chi connectivity index (χ1n) is 31.1. The van der Waals surface area contributed by atoms with Crippen LogP contribution in [0.3, 0.4) is 0 Å². The molecule has 0 aliphatic rings. The highest BCUT2D eigenvalue weighted by atomic mass is 16.5. The van der Waals surface area contributed by atoms with Crippen molar-refractivity contribution in [1.82, 2.24) is 5.32 Å². The summed E-state index contributed by atoms with van der Waals surface area (Å²) in [5.74, 6) is -0.0497. The average Bonchev–Trinajstić information content (AvgIpc) is 3.35. The number of rotatable bonds is 58. The van der Waals surface area contributed by atoms with E-state index in [9.17, 15) is 19.8 Å². The number of hydrogen-bond acceptors (Lipinski definition) is 5. The van der Waals surface area contributed by atoms with Gasteiger partial charge in [0.15, 0.2) is 0 Å². The molecule has 0 heterocycles. The molecule has 1 amide bonds. The smallest absolute Gasteiger partial charge is 0.305 e. The van der Waals surface area contributed by atoms with Gasteiger partial charge < -0.3 is 20.3 Å². The first kappa shape index (κ1) is 67.3. The lowest BCUT2D eigenvalue weighted by Crippen LogP contribution is -2.45. The Morgan fingerprint density at radius 3 is 1.03 bits per heavy atom. The van der Waals surface area contributed by atoms with E-state index in [0.29, 0.717) is 19.4 Å². The minimum absolute atomic E-state index is 0.0171. The van der Waals surface area contributed by atoms with Crippen LogP contribution >= 0.6 is 0 Å². The number of hydrogen-bond donors (Lipinski definition) is 3. The molecule has 0 aliphatic carbocycles. The van der Waals surface area contributed by atoms with Crippen molar-refractivity contribution in [2.24, 2.45) is 0 Å². The lowest BCUT2D eigenvalue weighted by atomic mass is 10.0. The normalized spacial score (nSPS) is 12.7. The van der Waals surface area contributed by atoms with Crippen molar-refractivity contribution in [3.05, 3.63) is 24.3 Å². The predicted molar refractivity (Wildman–Crippen MR) is 301 cm³/mol. The molecule has 0 radical (unpaired) electrons. The summed E-state index contributed by atoms with van der Waals surface area (Å²) in [5, 5.41) is 23.0. The van der Waals surface area contributed by atoms with Gasteiger partial charge in [0.05, 0.1) is 25.4 Å². The monoisotopic (exact) mass is 972 g/mol. The number of esters is 1. The van der Waals surface area contributed by atoms with E-state index < -0.39 is 12.1 Å². The van der Waals surface area contributed by atoms with Crippen molar-refractivity contribution in [3.63, 3.8) is 0 Å². The fourth-order valence-corrected chi connectivity index (χ4v) is 9.69. The molecule has 6 nitrogen and oxygen atoms in total. The van der Waals surface area contributed by atoms with Crippen molar-refractivity contribution in [2.45, 2.75) is 353 Å². The lowest BCUT2D eigenvalue weighted by Gasteiger charge is -2.20. The average molecular weight is 973 g/mol. The van der Waals surface area contributed by atoms with Crippen molar-refractivity contribution >= 4 is 11.9 Å². The van der Waals surface area contributed by atoms with E-state index in [4.69, 9.17) is 4.74 Å². The molecule has 0 saturated heterocycles. The minimum Gasteiger partial charge on any atom is -0.466 e. The molecule has 408 valence electrons. The summed E-state index contributed by atoms with van der Waals surface area (Å²) >= 11 is 0. The van der Waals surface area contributed by atoms with Gasteiger partial charge in [-0.2, -0.15) is 0 Å². The topological polar surface area (TPSA) is 95.9 Å². The van der Waals surface area contributed by atoms with Crippen LogP contribution in [0.2, 0.25) is 0 Å². The van der Waals surface area contributed by atoms with E-state index in [1.165, 1.54) is 276 Å². The summed E-state index contributed by atoms with van der Waals surface area (Å²) in [4.78, 5) is 24.4. The Balaban J connectivity index is 3.35. The molecule has 0 rings (SSSR count). The summed E-state index contributed by atoms with van der Waals surface area (Å²) in [7, 11) is 0. The number of allylic oxidation sites excluding steroid dienone is 3. The largest absolute Gasteiger partial charge is 0.466 e. The second-order valence-corrected chi connectivity index (χ2v) is 21.4. The van der Waals surface area contributed by atoms with Crippen LogP contribution in [0.15, 0.2) is 24.3 Å². The summed E-state index contributed by atoms with van der Waals surface area (Å²) in [6.07, 6.45) is 72.4. The van der Waals surface area contributed by atoms with E-state index in [2.05, 4.69) is 31.3 Å². The molecule has 0 spiro atoms. The quantitative estimate of drug-likeness (QED) is 0.0321. The molecule has 2 unspecified atom stereocenters. The zero-order valence-electron chi connectivity index (χ0n) is 46.6. The van der Waals surface area contributed by atoms with E-state index in [0.717, 1.165) is 38.5 Å². The number of unbranched alkanes of at least 4 members (excludes halogenated alkanes) is 45. The van der Waals surface area contributed by atoms with Gasteiger partial charge in [-0.05, 0) is 57.8 Å². The summed E-state index contributed by atoms with van der Waals surface area (Å²) in [6.45, 7) is 4.90. The molecule has 0 aromatic heterocycles. The van der Waals surface area contributed by atoms with Crippen LogP contribution in [0, 0.1) is 0 Å². The van der Waals surface area contributed by atoms with Crippen LogP contribution < -0.4 is 5.32 Å². The molecule has 0 aromatic rings. The van der Waals surface area contributed by atoms with Crippen LogP contribution in [-0.4, -0.2) is 47.4 Å². The molecule has 0 saturated carbocycles. The van der Waals surface area contributed by atoms with Crippen molar-refractivity contribution in [3.8, 4) is 0 Å². The standard InChI is InChI=1S/C63H121NO5/c1-3-5-7-9-11-13-36-41-45-49-53-57-63(68)69-58-54-50-46-42-38-35-33-31-29-27-25-23-21-19-17-15-16-18-20-22-24-26-28-30-32-34-37-40-44-48-52-56-62(67)64-60(59-65)61(66)55-51-47-43-39-14-12-10-8-6-4-2/h17,19,51,55,60-61,65-66H,3-16,18,20-50,52-54,56-59H2,1-2H3,(H,64,67)/b19-17-,55-51+. The molecule has 6 heteroatoms. The maximum atomic E-state index is 12.4. The molecule has 2 atom stereocenters. The number of aliphatic hydroxyl groups excluding tert-OH is 2. The SMILES string of the molecule is CCCCCCCCCC/C=C/C(O)C(CO)NC(=O)CCCCCCCCCCCCCCCCC/C=C\CCCCCCCCCCCCCCOC(=O)CCCCCCCCCCCCC. The second-order valence-electron chi connectivity index (χ2n) is 21.4. The summed E-state index contributed by atoms with van der Waals surface area (Å²) in [5.41, 5.74) is 0. The van der Waals surface area contributed by atoms with Gasteiger partial charge in [-0.3, -0.25) is 9.59 Å². The molecule has 0 aliphatic heterocycles. The highest BCUT2D eigenvalue weighted by molar-refractivity contribution is 5.76. The van der Waals surface area contributed by atoms with Gasteiger partial charge in [-0.25, -0.2) is 0 Å². The fourth-order valence-electron chi connectivity index (χ4n) is 9.69. The third-order valence-electron chi connectivity index (χ3n) is 14.5. The number of carbonyl (C=O) groups excluding carboxylic acids is 2. The van der Waals surface area contributed by atoms with Crippen LogP contribution in [0.4, 0.5) is 0 Å². The molecular formula is C63H121NO5. The third-order valence-corrected chi connectivity index (χ3v) is 14.5. The van der Waals surface area contributed by atoms with E-state index in [1.54, 1.807) is 6.08 Å². The molecule has 3 N–H and O–H groups in total. The Kier molecular flexibility index (Phi) is 57.5. The number of aliphatic hydroxyl groups is 2. The van der Waals surface area contributed by atoms with Crippen molar-refractivity contribution in [1.29, 1.82) is 0 Å². The van der Waals surface area contributed by atoms with Gasteiger partial charge in [-0.15, -0.1) is 0 Å². The first-order chi connectivity index (χ1) is 34.0. The second kappa shape index (κ2) is 58.9. The first-order valence-corrected chi connectivity index (χ1v) is 31.1. The van der Waals surface area contributed by atoms with Crippen LogP contribution in [-0.2, 0) is 14.3 Å². The molecular weight excluding hydrogens is 851 g/mol. The van der Waals surface area contributed by atoms with Crippen LogP contribution in [0.5, 0.6) is 0 Å². The Morgan fingerprint density at radius 2 is 0.681 bits per heavy atom. The Morgan fingerprint density at radius 1 is 0.391 bits per heavy atom. The van der Waals surface area contributed by atoms with Gasteiger partial charge >= 0.3 is 5.97 Å². The zero-order valence-corrected chi connectivity index (χ0v) is 46.6. The number of carbonyl (C=O) groups is 2. The zero-order chi connectivity index (χ0) is 50.0.